The molecule has 4 nitrogen and oxygen atoms in total. The minimum Gasteiger partial charge on any atom is -0.439 e. The van der Waals surface area contributed by atoms with E-state index in [2.05, 4.69) is 16.0 Å². The Kier molecular flexibility index (Phi) is 2.85. The van der Waals surface area contributed by atoms with Gasteiger partial charge in [-0.25, -0.2) is 4.98 Å². The fraction of sp³-hybridized carbons (Fsp3) is 0.333. The number of ether oxygens (including phenoxy) is 1. The minimum absolute atomic E-state index is 0.463. The fourth-order valence-electron chi connectivity index (χ4n) is 2.15. The van der Waals surface area contributed by atoms with Crippen LogP contribution in [0.4, 0.5) is 5.82 Å². The van der Waals surface area contributed by atoms with E-state index < -0.39 is 0 Å². The lowest BCUT2D eigenvalue weighted by atomic mass is 10.1. The molecule has 0 bridgehead atoms. The first kappa shape index (κ1) is 12.0. The topological polar surface area (TPSA) is 61.0 Å². The molecule has 3 rings (SSSR count). The predicted octanol–water partition coefficient (Wildman–Crippen LogP) is 3.35. The number of hydrogen-bond acceptors (Lipinski definition) is 4. The summed E-state index contributed by atoms with van der Waals surface area (Å²) in [6, 6.07) is 7.75. The van der Waals surface area contributed by atoms with Gasteiger partial charge in [-0.3, -0.25) is 0 Å². The van der Waals surface area contributed by atoms with Gasteiger partial charge in [-0.05, 0) is 49.9 Å². The number of aromatic nitrogens is 2. The predicted molar refractivity (Wildman–Crippen MR) is 74.4 cm³/mol. The number of nitrogens with zero attached hydrogens (tertiary/aromatic N) is 2. The lowest BCUT2D eigenvalue weighted by molar-refractivity contribution is 0.458. The van der Waals surface area contributed by atoms with E-state index in [1.54, 1.807) is 6.07 Å². The van der Waals surface area contributed by atoms with E-state index in [-0.39, 0.29) is 0 Å². The summed E-state index contributed by atoms with van der Waals surface area (Å²) in [6.45, 7) is 4.09. The van der Waals surface area contributed by atoms with Crippen LogP contribution >= 0.6 is 0 Å². The zero-order valence-corrected chi connectivity index (χ0v) is 11.2. The van der Waals surface area contributed by atoms with Crippen LogP contribution in [-0.4, -0.2) is 9.97 Å². The number of aryl methyl sites for hydroxylation is 2. The standard InChI is InChI=1S/C15H17N3O/c1-9-5-10(2)7-12(6-9)19-14-8-13(16)17-15(18-14)11-3-4-11/h5-8,11H,3-4H2,1-2H3,(H2,16,17,18). The van der Waals surface area contributed by atoms with Crippen molar-refractivity contribution >= 4 is 5.82 Å². The van der Waals surface area contributed by atoms with Crippen LogP contribution in [0.5, 0.6) is 11.6 Å². The van der Waals surface area contributed by atoms with Gasteiger partial charge in [0.2, 0.25) is 5.88 Å². The van der Waals surface area contributed by atoms with Gasteiger partial charge in [0.1, 0.15) is 17.4 Å². The van der Waals surface area contributed by atoms with Crippen molar-refractivity contribution in [3.8, 4) is 11.6 Å². The van der Waals surface area contributed by atoms with Crippen molar-refractivity contribution in [1.82, 2.24) is 9.97 Å². The molecule has 0 spiro atoms. The fourth-order valence-corrected chi connectivity index (χ4v) is 2.15. The summed E-state index contributed by atoms with van der Waals surface area (Å²) in [5, 5.41) is 0. The van der Waals surface area contributed by atoms with E-state index in [1.165, 1.54) is 11.1 Å². The van der Waals surface area contributed by atoms with Gasteiger partial charge in [-0.15, -0.1) is 0 Å². The second-order valence-corrected chi connectivity index (χ2v) is 5.19. The molecule has 0 unspecified atom stereocenters. The molecule has 0 aliphatic heterocycles. The van der Waals surface area contributed by atoms with E-state index in [0.29, 0.717) is 17.6 Å². The number of nitrogen functional groups attached to an aromatic ring is 1. The average molecular weight is 255 g/mol. The van der Waals surface area contributed by atoms with Crippen LogP contribution in [0.3, 0.4) is 0 Å². The maximum Gasteiger partial charge on any atom is 0.224 e. The molecule has 1 aromatic carbocycles. The number of nitrogens with two attached hydrogens (primary N) is 1. The molecule has 1 saturated carbocycles. The molecular weight excluding hydrogens is 238 g/mol. The third kappa shape index (κ3) is 2.84. The van der Waals surface area contributed by atoms with Gasteiger partial charge >= 0.3 is 0 Å². The monoisotopic (exact) mass is 255 g/mol. The molecule has 1 aliphatic rings. The summed E-state index contributed by atoms with van der Waals surface area (Å²) in [4.78, 5) is 8.70. The highest BCUT2D eigenvalue weighted by molar-refractivity contribution is 5.39. The molecule has 1 fully saturated rings. The van der Waals surface area contributed by atoms with Gasteiger partial charge in [-0.1, -0.05) is 6.07 Å². The largest absolute Gasteiger partial charge is 0.439 e. The third-order valence-corrected chi connectivity index (χ3v) is 3.10. The normalized spacial score (nSPS) is 14.4. The maximum absolute atomic E-state index is 5.81. The van der Waals surface area contributed by atoms with E-state index in [9.17, 15) is 0 Å². The second-order valence-electron chi connectivity index (χ2n) is 5.19. The number of anilines is 1. The van der Waals surface area contributed by atoms with Gasteiger partial charge in [0.15, 0.2) is 0 Å². The SMILES string of the molecule is Cc1cc(C)cc(Oc2cc(N)nc(C3CC3)n2)c1. The van der Waals surface area contributed by atoms with Crippen molar-refractivity contribution in [2.75, 3.05) is 5.73 Å². The first-order chi connectivity index (χ1) is 9.10. The Labute approximate surface area is 112 Å². The quantitative estimate of drug-likeness (QED) is 0.913. The van der Waals surface area contributed by atoms with Crippen molar-refractivity contribution in [2.24, 2.45) is 0 Å². The van der Waals surface area contributed by atoms with Gasteiger partial charge in [0, 0.05) is 12.0 Å². The molecule has 19 heavy (non-hydrogen) atoms. The molecule has 2 aromatic rings. The van der Waals surface area contributed by atoms with E-state index in [0.717, 1.165) is 24.4 Å². The third-order valence-electron chi connectivity index (χ3n) is 3.10. The molecule has 98 valence electrons. The molecule has 1 aromatic heterocycles. The van der Waals surface area contributed by atoms with Crippen molar-refractivity contribution in [3.05, 3.63) is 41.2 Å². The van der Waals surface area contributed by atoms with Crippen LogP contribution in [0.1, 0.15) is 35.7 Å². The Bertz CT molecular complexity index is 601. The Morgan fingerprint density at radius 1 is 1.05 bits per heavy atom. The van der Waals surface area contributed by atoms with Crippen molar-refractivity contribution in [3.63, 3.8) is 0 Å². The summed E-state index contributed by atoms with van der Waals surface area (Å²) >= 11 is 0. The summed E-state index contributed by atoms with van der Waals surface area (Å²) in [5.41, 5.74) is 8.14. The van der Waals surface area contributed by atoms with Crippen LogP contribution in [0.15, 0.2) is 24.3 Å². The smallest absolute Gasteiger partial charge is 0.224 e. The Hall–Kier alpha value is -2.10. The lowest BCUT2D eigenvalue weighted by Gasteiger charge is -2.08. The van der Waals surface area contributed by atoms with E-state index in [1.807, 2.05) is 26.0 Å². The van der Waals surface area contributed by atoms with Crippen molar-refractivity contribution in [1.29, 1.82) is 0 Å². The van der Waals surface area contributed by atoms with E-state index >= 15 is 0 Å². The van der Waals surface area contributed by atoms with Gasteiger partial charge in [0.25, 0.3) is 0 Å². The molecule has 2 N–H and O–H groups in total. The molecular formula is C15H17N3O. The van der Waals surface area contributed by atoms with Crippen LogP contribution < -0.4 is 10.5 Å². The summed E-state index contributed by atoms with van der Waals surface area (Å²) in [5.74, 6) is 3.05. The average Bonchev–Trinajstić information content (AvgIpc) is 3.09. The van der Waals surface area contributed by atoms with Gasteiger partial charge < -0.3 is 10.5 Å². The lowest BCUT2D eigenvalue weighted by Crippen LogP contribution is -2.00. The molecule has 1 aliphatic carbocycles. The van der Waals surface area contributed by atoms with E-state index in [4.69, 9.17) is 10.5 Å². The van der Waals surface area contributed by atoms with Crippen molar-refractivity contribution < 1.29 is 4.74 Å². The molecule has 0 amide bonds. The van der Waals surface area contributed by atoms with Crippen LogP contribution in [0, 0.1) is 13.8 Å². The molecule has 0 saturated heterocycles. The Balaban J connectivity index is 1.89. The summed E-state index contributed by atoms with van der Waals surface area (Å²) in [6.07, 6.45) is 2.29. The molecule has 4 heteroatoms. The first-order valence-electron chi connectivity index (χ1n) is 6.51. The summed E-state index contributed by atoms with van der Waals surface area (Å²) < 4.78 is 5.81. The highest BCUT2D eigenvalue weighted by Gasteiger charge is 2.27. The number of benzene rings is 1. The zero-order chi connectivity index (χ0) is 13.4. The highest BCUT2D eigenvalue weighted by Crippen LogP contribution is 2.39. The first-order valence-corrected chi connectivity index (χ1v) is 6.51. The van der Waals surface area contributed by atoms with Crippen molar-refractivity contribution in [2.45, 2.75) is 32.6 Å². The second kappa shape index (κ2) is 4.53. The number of hydrogen-bond donors (Lipinski definition) is 1. The van der Waals surface area contributed by atoms with Crippen LogP contribution in [0.25, 0.3) is 0 Å². The van der Waals surface area contributed by atoms with Gasteiger partial charge in [-0.2, -0.15) is 4.98 Å². The van der Waals surface area contributed by atoms with Gasteiger partial charge in [0.05, 0.1) is 0 Å². The minimum atomic E-state index is 0.463. The zero-order valence-electron chi connectivity index (χ0n) is 11.2. The maximum atomic E-state index is 5.81. The molecule has 0 atom stereocenters. The Morgan fingerprint density at radius 3 is 2.37 bits per heavy atom. The van der Waals surface area contributed by atoms with Crippen LogP contribution in [-0.2, 0) is 0 Å². The number of rotatable bonds is 3. The Morgan fingerprint density at radius 2 is 1.74 bits per heavy atom. The highest BCUT2D eigenvalue weighted by atomic mass is 16.5. The molecule has 0 radical (unpaired) electrons. The van der Waals surface area contributed by atoms with Crippen LogP contribution in [0.2, 0.25) is 0 Å². The molecule has 1 heterocycles. The summed E-state index contributed by atoms with van der Waals surface area (Å²) in [7, 11) is 0.